The number of nitrogens with zero attached hydrogens (tertiary/aromatic N) is 1. The molecule has 7 heteroatoms. The van der Waals surface area contributed by atoms with E-state index in [1.165, 1.54) is 12.3 Å². The number of hydrogen-bond donors (Lipinski definition) is 1. The highest BCUT2D eigenvalue weighted by molar-refractivity contribution is 8.13. The SMILES string of the molecule is CCC(C)(CC)NC(=O)c1cc(S(=O)(=O)Cl)cn1C(C)C. The molecule has 1 aromatic rings. The van der Waals surface area contributed by atoms with Gasteiger partial charge in [0.2, 0.25) is 0 Å². The topological polar surface area (TPSA) is 68.2 Å². The Bertz CT molecular complexity index is 616. The molecule has 0 aromatic carbocycles. The van der Waals surface area contributed by atoms with E-state index in [0.29, 0.717) is 5.69 Å². The second-order valence-electron chi connectivity index (χ2n) is 5.72. The number of carbonyl (C=O) groups excluding carboxylic acids is 1. The van der Waals surface area contributed by atoms with E-state index in [0.717, 1.165) is 12.8 Å². The minimum absolute atomic E-state index is 0.0487. The molecule has 120 valence electrons. The Morgan fingerprint density at radius 2 is 1.90 bits per heavy atom. The first-order valence-corrected chi connectivity index (χ1v) is 9.34. The van der Waals surface area contributed by atoms with Crippen molar-refractivity contribution < 1.29 is 13.2 Å². The number of halogens is 1. The molecule has 0 saturated heterocycles. The molecule has 1 aromatic heterocycles. The Kier molecular flexibility index (Phi) is 5.50. The summed E-state index contributed by atoms with van der Waals surface area (Å²) in [5, 5.41) is 2.97. The molecule has 1 rings (SSSR count). The fourth-order valence-electron chi connectivity index (χ4n) is 1.96. The molecule has 1 N–H and O–H groups in total. The molecule has 0 fully saturated rings. The van der Waals surface area contributed by atoms with Gasteiger partial charge >= 0.3 is 0 Å². The van der Waals surface area contributed by atoms with Crippen LogP contribution >= 0.6 is 10.7 Å². The number of nitrogens with one attached hydrogen (secondary N) is 1. The van der Waals surface area contributed by atoms with Gasteiger partial charge < -0.3 is 9.88 Å². The van der Waals surface area contributed by atoms with Crippen LogP contribution in [0.2, 0.25) is 0 Å². The highest BCUT2D eigenvalue weighted by Crippen LogP contribution is 2.23. The lowest BCUT2D eigenvalue weighted by molar-refractivity contribution is 0.0890. The van der Waals surface area contributed by atoms with E-state index in [-0.39, 0.29) is 22.4 Å². The smallest absolute Gasteiger partial charge is 0.268 e. The molecule has 0 spiro atoms. The van der Waals surface area contributed by atoms with Gasteiger partial charge in [-0.1, -0.05) is 13.8 Å². The summed E-state index contributed by atoms with van der Waals surface area (Å²) in [5.41, 5.74) is -0.0132. The van der Waals surface area contributed by atoms with E-state index in [2.05, 4.69) is 5.32 Å². The fraction of sp³-hybridized carbons (Fsp3) is 0.643. The monoisotopic (exact) mass is 334 g/mol. The largest absolute Gasteiger partial charge is 0.346 e. The van der Waals surface area contributed by atoms with Crippen LogP contribution in [0.1, 0.15) is 64.0 Å². The average Bonchev–Trinajstić information content (AvgIpc) is 2.83. The number of hydrogen-bond acceptors (Lipinski definition) is 3. The highest BCUT2D eigenvalue weighted by atomic mass is 35.7. The fourth-order valence-corrected chi connectivity index (χ4v) is 2.71. The Labute approximate surface area is 131 Å². The van der Waals surface area contributed by atoms with Crippen LogP contribution in [0.15, 0.2) is 17.2 Å². The van der Waals surface area contributed by atoms with Crippen molar-refractivity contribution in [3.8, 4) is 0 Å². The summed E-state index contributed by atoms with van der Waals surface area (Å²) in [6, 6.07) is 1.27. The lowest BCUT2D eigenvalue weighted by Gasteiger charge is -2.28. The van der Waals surface area contributed by atoms with Gasteiger partial charge in [-0.25, -0.2) is 8.42 Å². The molecule has 0 aliphatic heterocycles. The van der Waals surface area contributed by atoms with E-state index in [1.807, 2.05) is 34.6 Å². The zero-order valence-corrected chi connectivity index (χ0v) is 14.7. The van der Waals surface area contributed by atoms with Crippen LogP contribution in [-0.2, 0) is 9.05 Å². The Hall–Kier alpha value is -1.01. The molecule has 1 heterocycles. The Morgan fingerprint density at radius 3 is 2.29 bits per heavy atom. The first-order chi connectivity index (χ1) is 9.54. The first kappa shape index (κ1) is 18.0. The first-order valence-electron chi connectivity index (χ1n) is 7.03. The standard InChI is InChI=1S/C14H23ClN2O3S/c1-6-14(5,7-2)16-13(18)12-8-11(21(15,19)20)9-17(12)10(3)4/h8-10H,6-7H2,1-5H3,(H,16,18). The van der Waals surface area contributed by atoms with Gasteiger partial charge in [0.05, 0.1) is 0 Å². The lowest BCUT2D eigenvalue weighted by Crippen LogP contribution is -2.45. The Balaban J connectivity index is 3.23. The van der Waals surface area contributed by atoms with Gasteiger partial charge in [-0.15, -0.1) is 0 Å². The van der Waals surface area contributed by atoms with Gasteiger partial charge in [0.25, 0.3) is 15.0 Å². The summed E-state index contributed by atoms with van der Waals surface area (Å²) in [6.45, 7) is 9.72. The normalized spacial score (nSPS) is 12.7. The molecule has 5 nitrogen and oxygen atoms in total. The van der Waals surface area contributed by atoms with Crippen LogP contribution in [0.5, 0.6) is 0 Å². The van der Waals surface area contributed by atoms with Gasteiger partial charge in [-0.3, -0.25) is 4.79 Å². The van der Waals surface area contributed by atoms with Crippen LogP contribution in [-0.4, -0.2) is 24.4 Å². The second kappa shape index (κ2) is 6.40. The van der Waals surface area contributed by atoms with E-state index in [9.17, 15) is 13.2 Å². The summed E-state index contributed by atoms with van der Waals surface area (Å²) in [7, 11) is 1.51. The third-order valence-electron chi connectivity index (χ3n) is 3.87. The zero-order valence-electron chi connectivity index (χ0n) is 13.1. The lowest BCUT2D eigenvalue weighted by atomic mass is 9.95. The molecule has 21 heavy (non-hydrogen) atoms. The highest BCUT2D eigenvalue weighted by Gasteiger charge is 2.26. The van der Waals surface area contributed by atoms with Crippen molar-refractivity contribution in [2.24, 2.45) is 0 Å². The predicted octanol–water partition coefficient (Wildman–Crippen LogP) is 3.31. The number of rotatable bonds is 6. The van der Waals surface area contributed by atoms with Crippen LogP contribution in [0.3, 0.4) is 0 Å². The maximum atomic E-state index is 12.5. The number of aromatic nitrogens is 1. The van der Waals surface area contributed by atoms with E-state index in [1.54, 1.807) is 4.57 Å². The van der Waals surface area contributed by atoms with E-state index in [4.69, 9.17) is 10.7 Å². The van der Waals surface area contributed by atoms with E-state index >= 15 is 0 Å². The summed E-state index contributed by atoms with van der Waals surface area (Å²) in [5.74, 6) is -0.290. The number of amides is 1. The molecule has 0 atom stereocenters. The second-order valence-corrected chi connectivity index (χ2v) is 8.29. The summed E-state index contributed by atoms with van der Waals surface area (Å²) in [6.07, 6.45) is 2.98. The van der Waals surface area contributed by atoms with Gasteiger partial charge in [0.1, 0.15) is 10.6 Å². The summed E-state index contributed by atoms with van der Waals surface area (Å²) >= 11 is 0. The molecular weight excluding hydrogens is 312 g/mol. The molecule has 0 aliphatic rings. The molecule has 0 radical (unpaired) electrons. The number of carbonyl (C=O) groups is 1. The van der Waals surface area contributed by atoms with Crippen molar-refractivity contribution in [2.75, 3.05) is 0 Å². The molecule has 1 amide bonds. The van der Waals surface area contributed by atoms with Crippen LogP contribution in [0.25, 0.3) is 0 Å². The zero-order chi connectivity index (χ0) is 16.4. The van der Waals surface area contributed by atoms with E-state index < -0.39 is 9.05 Å². The molecule has 0 aliphatic carbocycles. The van der Waals surface area contributed by atoms with Crippen LogP contribution < -0.4 is 5.32 Å². The van der Waals surface area contributed by atoms with Gasteiger partial charge in [-0.05, 0) is 39.7 Å². The molecule has 0 unspecified atom stereocenters. The average molecular weight is 335 g/mol. The predicted molar refractivity (Wildman–Crippen MR) is 84.3 cm³/mol. The summed E-state index contributed by atoms with van der Waals surface area (Å²) < 4.78 is 24.5. The van der Waals surface area contributed by atoms with Crippen LogP contribution in [0, 0.1) is 0 Å². The van der Waals surface area contributed by atoms with Crippen molar-refractivity contribution in [3.63, 3.8) is 0 Å². The quantitative estimate of drug-likeness (QED) is 0.811. The third kappa shape index (κ3) is 4.23. The molecule has 0 saturated carbocycles. The molecule has 0 bridgehead atoms. The van der Waals surface area contributed by atoms with Crippen molar-refractivity contribution in [1.82, 2.24) is 9.88 Å². The van der Waals surface area contributed by atoms with Gasteiger partial charge in [0.15, 0.2) is 0 Å². The van der Waals surface area contributed by atoms with Crippen molar-refractivity contribution in [1.29, 1.82) is 0 Å². The van der Waals surface area contributed by atoms with Gasteiger partial charge in [0, 0.05) is 28.5 Å². The molecular formula is C14H23ClN2O3S. The maximum Gasteiger partial charge on any atom is 0.268 e. The minimum atomic E-state index is -3.85. The maximum absolute atomic E-state index is 12.5. The van der Waals surface area contributed by atoms with Crippen molar-refractivity contribution in [3.05, 3.63) is 18.0 Å². The summed E-state index contributed by atoms with van der Waals surface area (Å²) in [4.78, 5) is 12.4. The van der Waals surface area contributed by atoms with Crippen LogP contribution in [0.4, 0.5) is 0 Å². The van der Waals surface area contributed by atoms with Gasteiger partial charge in [-0.2, -0.15) is 0 Å². The Morgan fingerprint density at radius 1 is 1.38 bits per heavy atom. The van der Waals surface area contributed by atoms with Crippen molar-refractivity contribution in [2.45, 2.75) is 63.9 Å². The minimum Gasteiger partial charge on any atom is -0.346 e. The third-order valence-corrected chi connectivity index (χ3v) is 5.19. The van der Waals surface area contributed by atoms with Crippen molar-refractivity contribution >= 4 is 25.6 Å².